The topological polar surface area (TPSA) is 189 Å². The molecular weight excluding hydrogens is 642 g/mol. The molecule has 11 nitrogen and oxygen atoms in total. The van der Waals surface area contributed by atoms with E-state index in [1.165, 1.54) is 83.5 Å². The van der Waals surface area contributed by atoms with E-state index in [1.807, 2.05) is 0 Å². The molecule has 1 aliphatic heterocycles. The van der Waals surface area contributed by atoms with Crippen LogP contribution in [0.25, 0.3) is 0 Å². The van der Waals surface area contributed by atoms with E-state index >= 15 is 0 Å². The molecule has 0 aromatic carbocycles. The normalized spacial score (nSPS) is 23.5. The Hall–Kier alpha value is -0.890. The Bertz CT molecular complexity index is 803. The minimum atomic E-state index is -1.65. The summed E-state index contributed by atoms with van der Waals surface area (Å²) in [6, 6.07) is -1.16. The van der Waals surface area contributed by atoms with Crippen LogP contribution in [-0.2, 0) is 14.3 Å². The van der Waals surface area contributed by atoms with Crippen LogP contribution < -0.4 is 5.32 Å². The lowest BCUT2D eigenvalue weighted by molar-refractivity contribution is -0.303. The van der Waals surface area contributed by atoms with E-state index in [2.05, 4.69) is 26.1 Å². The monoisotopic (exact) mass is 720 g/mol. The number of aliphatic hydroxyl groups excluding tert-OH is 7. The molecule has 0 spiro atoms. The van der Waals surface area contributed by atoms with Crippen LogP contribution in [0.3, 0.4) is 0 Å². The van der Waals surface area contributed by atoms with Gasteiger partial charge in [0.05, 0.1) is 25.4 Å². The fourth-order valence-corrected chi connectivity index (χ4v) is 6.62. The van der Waals surface area contributed by atoms with Crippen molar-refractivity contribution >= 4 is 5.91 Å². The van der Waals surface area contributed by atoms with Gasteiger partial charge in [-0.15, -0.1) is 0 Å². The summed E-state index contributed by atoms with van der Waals surface area (Å²) in [5.74, 6) is 0.0657. The lowest BCUT2D eigenvalue weighted by Gasteiger charge is -2.40. The van der Waals surface area contributed by atoms with Gasteiger partial charge in [0.1, 0.15) is 36.6 Å². The van der Waals surface area contributed by atoms with Gasteiger partial charge in [-0.1, -0.05) is 156 Å². The predicted octanol–water partition coefficient (Wildman–Crippen LogP) is 5.02. The molecule has 0 radical (unpaired) electrons. The molecule has 1 fully saturated rings. The lowest BCUT2D eigenvalue weighted by Crippen LogP contribution is -2.60. The van der Waals surface area contributed by atoms with Crippen LogP contribution in [0.2, 0.25) is 0 Å². The molecule has 0 aromatic rings. The van der Waals surface area contributed by atoms with Gasteiger partial charge < -0.3 is 50.5 Å². The minimum Gasteiger partial charge on any atom is -0.394 e. The average molecular weight is 720 g/mol. The fourth-order valence-electron chi connectivity index (χ4n) is 6.62. The zero-order valence-electron chi connectivity index (χ0n) is 31.8. The highest BCUT2D eigenvalue weighted by atomic mass is 16.7. The highest BCUT2D eigenvalue weighted by Gasteiger charge is 2.44. The van der Waals surface area contributed by atoms with Crippen molar-refractivity contribution < 1.29 is 50.0 Å². The first-order valence-corrected chi connectivity index (χ1v) is 20.3. The summed E-state index contributed by atoms with van der Waals surface area (Å²) >= 11 is 0. The zero-order valence-corrected chi connectivity index (χ0v) is 31.8. The smallest absolute Gasteiger partial charge is 0.249 e. The number of amides is 1. The Morgan fingerprint density at radius 1 is 0.660 bits per heavy atom. The first-order valence-electron chi connectivity index (χ1n) is 20.3. The average Bonchev–Trinajstić information content (AvgIpc) is 3.10. The molecular formula is C39H77NO10. The highest BCUT2D eigenvalue weighted by Crippen LogP contribution is 2.23. The summed E-state index contributed by atoms with van der Waals surface area (Å²) in [7, 11) is 0. The third-order valence-electron chi connectivity index (χ3n) is 10.1. The number of ether oxygens (including phenoxy) is 2. The second-order valence-electron chi connectivity index (χ2n) is 15.2. The largest absolute Gasteiger partial charge is 0.394 e. The summed E-state index contributed by atoms with van der Waals surface area (Å²) in [6.07, 6.45) is 13.2. The van der Waals surface area contributed by atoms with E-state index in [-0.39, 0.29) is 6.42 Å². The van der Waals surface area contributed by atoms with E-state index in [4.69, 9.17) is 9.47 Å². The van der Waals surface area contributed by atoms with Crippen molar-refractivity contribution in [2.24, 2.45) is 5.92 Å². The number of unbranched alkanes of at least 4 members (excludes halogenated alkanes) is 18. The third kappa shape index (κ3) is 21.0. The van der Waals surface area contributed by atoms with Crippen molar-refractivity contribution in [2.75, 3.05) is 13.2 Å². The highest BCUT2D eigenvalue weighted by molar-refractivity contribution is 5.80. The Kier molecular flexibility index (Phi) is 27.9. The van der Waals surface area contributed by atoms with Crippen molar-refractivity contribution in [1.82, 2.24) is 5.32 Å². The number of carbonyl (C=O) groups excluding carboxylic acids is 1. The molecule has 0 aromatic heterocycles. The van der Waals surface area contributed by atoms with E-state index < -0.39 is 74.2 Å². The number of aliphatic hydroxyl groups is 7. The maximum absolute atomic E-state index is 13.0. The Labute approximate surface area is 303 Å². The van der Waals surface area contributed by atoms with Gasteiger partial charge in [-0.25, -0.2) is 0 Å². The fraction of sp³-hybridized carbons (Fsp3) is 0.974. The molecule has 1 aliphatic rings. The van der Waals surface area contributed by atoms with Gasteiger partial charge >= 0.3 is 0 Å². The van der Waals surface area contributed by atoms with Gasteiger partial charge in [-0.05, 0) is 18.8 Å². The summed E-state index contributed by atoms with van der Waals surface area (Å²) in [6.45, 7) is 5.69. The van der Waals surface area contributed by atoms with Crippen molar-refractivity contribution in [2.45, 2.75) is 224 Å². The van der Waals surface area contributed by atoms with Crippen LogP contribution in [0, 0.1) is 5.92 Å². The maximum atomic E-state index is 13.0. The van der Waals surface area contributed by atoms with Crippen LogP contribution in [0.15, 0.2) is 0 Å². The minimum absolute atomic E-state index is 0.264. The van der Waals surface area contributed by atoms with Gasteiger partial charge in [-0.3, -0.25) is 4.79 Å². The molecule has 0 aliphatic carbocycles. The quantitative estimate of drug-likeness (QED) is 0.0439. The zero-order chi connectivity index (χ0) is 37.1. The third-order valence-corrected chi connectivity index (χ3v) is 10.1. The molecule has 1 saturated heterocycles. The van der Waals surface area contributed by atoms with Crippen molar-refractivity contribution in [3.8, 4) is 0 Å². The standard InChI is InChI=1S/C39H77NO10/c1-4-5-6-7-8-9-10-13-17-20-23-26-32(43)38(48)40-30(28-49-39-37(47)36(46)35(45)33(27-41)50-39)34(44)31(42)25-22-19-16-14-11-12-15-18-21-24-29(2)3/h29-37,39,41-47H,4-28H2,1-3H3,(H,40,48)/t30-,31+,32-,33+,34-,35+,36-,37+,39+/m0/s1. The van der Waals surface area contributed by atoms with Crippen LogP contribution in [0.1, 0.15) is 168 Å². The Balaban J connectivity index is 2.55. The van der Waals surface area contributed by atoms with E-state index in [1.54, 1.807) is 0 Å². The summed E-state index contributed by atoms with van der Waals surface area (Å²) in [5.41, 5.74) is 0. The second-order valence-corrected chi connectivity index (χ2v) is 15.2. The molecule has 50 heavy (non-hydrogen) atoms. The van der Waals surface area contributed by atoms with E-state index in [0.717, 1.165) is 44.4 Å². The SMILES string of the molecule is CCCCCCCCCCCCC[C@H](O)C(=O)N[C@@H](CO[C@@H]1O[C@H](CO)[C@@H](O)[C@H](O)[C@H]1O)[C@H](O)[C@H](O)CCCCCCCCCCCC(C)C. The molecule has 8 N–H and O–H groups in total. The van der Waals surface area contributed by atoms with Gasteiger partial charge in [0.25, 0.3) is 0 Å². The number of nitrogens with one attached hydrogen (secondary N) is 1. The molecule has 9 atom stereocenters. The van der Waals surface area contributed by atoms with Crippen LogP contribution in [-0.4, -0.2) is 110 Å². The molecule has 1 amide bonds. The van der Waals surface area contributed by atoms with Crippen LogP contribution in [0.4, 0.5) is 0 Å². The molecule has 0 saturated carbocycles. The van der Waals surface area contributed by atoms with Gasteiger partial charge in [0.2, 0.25) is 5.91 Å². The van der Waals surface area contributed by atoms with Gasteiger partial charge in [0, 0.05) is 0 Å². The molecule has 1 rings (SSSR count). The molecule has 298 valence electrons. The first-order chi connectivity index (χ1) is 24.0. The number of carbonyl (C=O) groups is 1. The summed E-state index contributed by atoms with van der Waals surface area (Å²) in [4.78, 5) is 13.0. The summed E-state index contributed by atoms with van der Waals surface area (Å²) < 4.78 is 11.0. The van der Waals surface area contributed by atoms with Crippen molar-refractivity contribution in [1.29, 1.82) is 0 Å². The second kappa shape index (κ2) is 29.6. The van der Waals surface area contributed by atoms with E-state index in [0.29, 0.717) is 19.3 Å². The number of hydrogen-bond donors (Lipinski definition) is 8. The summed E-state index contributed by atoms with van der Waals surface area (Å²) in [5, 5.41) is 75.2. The number of hydrogen-bond acceptors (Lipinski definition) is 10. The first kappa shape index (κ1) is 47.1. The van der Waals surface area contributed by atoms with Crippen LogP contribution >= 0.6 is 0 Å². The van der Waals surface area contributed by atoms with Crippen molar-refractivity contribution in [3.63, 3.8) is 0 Å². The molecule has 11 heteroatoms. The molecule has 1 heterocycles. The van der Waals surface area contributed by atoms with Gasteiger partial charge in [0.15, 0.2) is 6.29 Å². The van der Waals surface area contributed by atoms with Gasteiger partial charge in [-0.2, -0.15) is 0 Å². The predicted molar refractivity (Wildman–Crippen MR) is 196 cm³/mol. The number of rotatable bonds is 32. The lowest BCUT2D eigenvalue weighted by atomic mass is 9.98. The van der Waals surface area contributed by atoms with Crippen LogP contribution in [0.5, 0.6) is 0 Å². The Morgan fingerprint density at radius 2 is 1.12 bits per heavy atom. The van der Waals surface area contributed by atoms with E-state index in [9.17, 15) is 40.5 Å². The maximum Gasteiger partial charge on any atom is 0.249 e. The molecule has 0 unspecified atom stereocenters. The van der Waals surface area contributed by atoms with Crippen molar-refractivity contribution in [3.05, 3.63) is 0 Å². The molecule has 0 bridgehead atoms. The Morgan fingerprint density at radius 3 is 1.60 bits per heavy atom.